The van der Waals surface area contributed by atoms with Crippen LogP contribution < -0.4 is 20.1 Å². The Morgan fingerprint density at radius 3 is 2.50 bits per heavy atom. The monoisotopic (exact) mass is 548 g/mol. The molecule has 0 aromatic heterocycles. The highest BCUT2D eigenvalue weighted by Gasteiger charge is 2.23. The molecule has 9 nitrogen and oxygen atoms in total. The molecule has 2 heterocycles. The van der Waals surface area contributed by atoms with Crippen LogP contribution in [0.2, 0.25) is 0 Å². The second kappa shape index (κ2) is 13.2. The largest absolute Gasteiger partial charge is 0.493 e. The summed E-state index contributed by atoms with van der Waals surface area (Å²) < 4.78 is 25.6. The van der Waals surface area contributed by atoms with Crippen LogP contribution in [-0.4, -0.2) is 74.8 Å². The first-order chi connectivity index (χ1) is 19.3. The van der Waals surface area contributed by atoms with E-state index in [9.17, 15) is 14.0 Å². The third-order valence-corrected chi connectivity index (χ3v) is 6.89. The van der Waals surface area contributed by atoms with Crippen LogP contribution in [0, 0.1) is 11.2 Å². The van der Waals surface area contributed by atoms with Gasteiger partial charge in [0.25, 0.3) is 11.8 Å². The minimum atomic E-state index is -0.712. The molecule has 4 N–H and O–H groups in total. The first kappa shape index (κ1) is 28.7. The fraction of sp³-hybridized carbons (Fsp3) is 0.300. The van der Waals surface area contributed by atoms with Crippen LogP contribution >= 0.6 is 0 Å². The number of ether oxygens (including phenoxy) is 2. The zero-order valence-electron chi connectivity index (χ0n) is 23.0. The van der Waals surface area contributed by atoms with E-state index in [2.05, 4.69) is 10.2 Å². The zero-order chi connectivity index (χ0) is 28.6. The summed E-state index contributed by atoms with van der Waals surface area (Å²) in [6.45, 7) is 2.54. The van der Waals surface area contributed by atoms with Crippen LogP contribution in [0.25, 0.3) is 5.70 Å². The molecule has 10 heteroatoms. The number of rotatable bonds is 7. The van der Waals surface area contributed by atoms with Crippen molar-refractivity contribution in [3.63, 3.8) is 0 Å². The molecule has 1 saturated heterocycles. The maximum absolute atomic E-state index is 14.8. The second-order valence-electron chi connectivity index (χ2n) is 9.68. The molecule has 0 atom stereocenters. The highest BCUT2D eigenvalue weighted by atomic mass is 19.1. The first-order valence-corrected chi connectivity index (χ1v) is 13.1. The minimum absolute atomic E-state index is 0.0357. The Hall–Kier alpha value is -4.28. The van der Waals surface area contributed by atoms with Crippen LogP contribution in [0.15, 0.2) is 66.4 Å². The number of amides is 2. The number of benzene rings is 2. The van der Waals surface area contributed by atoms with Crippen LogP contribution in [-0.2, 0) is 4.79 Å². The predicted molar refractivity (Wildman–Crippen MR) is 152 cm³/mol. The van der Waals surface area contributed by atoms with Crippen molar-refractivity contribution in [1.82, 2.24) is 9.80 Å². The summed E-state index contributed by atoms with van der Waals surface area (Å²) in [4.78, 5) is 29.3. The third kappa shape index (κ3) is 7.02. The molecule has 2 aliphatic rings. The molecule has 2 aliphatic heterocycles. The van der Waals surface area contributed by atoms with E-state index >= 15 is 0 Å². The van der Waals surface area contributed by atoms with Crippen molar-refractivity contribution < 1.29 is 28.8 Å². The van der Waals surface area contributed by atoms with E-state index in [1.54, 1.807) is 19.1 Å². The van der Waals surface area contributed by atoms with Crippen LogP contribution in [0.3, 0.4) is 0 Å². The number of nitrogens with one attached hydrogen (secondary N) is 2. The Morgan fingerprint density at radius 1 is 1.05 bits per heavy atom. The van der Waals surface area contributed by atoms with Crippen molar-refractivity contribution in [2.45, 2.75) is 12.8 Å². The van der Waals surface area contributed by atoms with E-state index in [4.69, 9.17) is 14.9 Å². The number of nitrogens with zero attached hydrogens (tertiary/aromatic N) is 2. The maximum Gasteiger partial charge on any atom is 0.273 e. The SMILES string of the molecule is COc1ccc(/C2=C/C=C\CC/C(=C/C(=N)C(=O)Nc3ccc(C(=O)N4CCN(C)CC4)c(F)c3)[NH2+]2)cc1OC. The lowest BCUT2D eigenvalue weighted by molar-refractivity contribution is -0.511. The van der Waals surface area contributed by atoms with E-state index in [1.807, 2.05) is 48.8 Å². The molecule has 1 fully saturated rings. The van der Waals surface area contributed by atoms with E-state index < -0.39 is 11.7 Å². The van der Waals surface area contributed by atoms with Crippen molar-refractivity contribution in [1.29, 1.82) is 5.41 Å². The molecular weight excluding hydrogens is 513 g/mol. The third-order valence-electron chi connectivity index (χ3n) is 6.89. The van der Waals surface area contributed by atoms with E-state index in [0.717, 1.165) is 42.5 Å². The number of likely N-dealkylation sites (N-methyl/N-ethyl adjacent to an activating group) is 1. The summed E-state index contributed by atoms with van der Waals surface area (Å²) in [5.41, 5.74) is 2.46. The summed E-state index contributed by atoms with van der Waals surface area (Å²) >= 11 is 0. The molecular formula is C30H35FN5O4+. The van der Waals surface area contributed by atoms with Gasteiger partial charge in [0, 0.05) is 49.9 Å². The average molecular weight is 549 g/mol. The summed E-state index contributed by atoms with van der Waals surface area (Å²) in [6, 6.07) is 9.60. The Morgan fingerprint density at radius 2 is 1.80 bits per heavy atom. The highest BCUT2D eigenvalue weighted by molar-refractivity contribution is 6.46. The fourth-order valence-corrected chi connectivity index (χ4v) is 4.54. The van der Waals surface area contributed by atoms with Crippen LogP contribution in [0.5, 0.6) is 11.5 Å². The minimum Gasteiger partial charge on any atom is -0.493 e. The van der Waals surface area contributed by atoms with Gasteiger partial charge in [0.1, 0.15) is 22.9 Å². The zero-order valence-corrected chi connectivity index (χ0v) is 23.0. The van der Waals surface area contributed by atoms with Crippen LogP contribution in [0.1, 0.15) is 28.8 Å². The Kier molecular flexibility index (Phi) is 9.47. The fourth-order valence-electron chi connectivity index (χ4n) is 4.54. The Bertz CT molecular complexity index is 1380. The molecule has 210 valence electrons. The number of halogens is 1. The van der Waals surface area contributed by atoms with Gasteiger partial charge in [-0.2, -0.15) is 0 Å². The summed E-state index contributed by atoms with van der Waals surface area (Å²) in [5.74, 6) is -0.533. The molecule has 2 aromatic carbocycles. The molecule has 0 bridgehead atoms. The topological polar surface area (TPSA) is 112 Å². The second-order valence-corrected chi connectivity index (χ2v) is 9.68. The van der Waals surface area contributed by atoms with Gasteiger partial charge in [0.05, 0.1) is 19.8 Å². The number of nitrogens with two attached hydrogens (primary N) is 1. The molecule has 2 amide bonds. The molecule has 0 radical (unpaired) electrons. The summed E-state index contributed by atoms with van der Waals surface area (Å²) in [7, 11) is 5.14. The van der Waals surface area contributed by atoms with Crippen molar-refractivity contribution in [2.75, 3.05) is 52.8 Å². The Labute approximate surface area is 233 Å². The summed E-state index contributed by atoms with van der Waals surface area (Å²) in [6.07, 6.45) is 8.87. The lowest BCUT2D eigenvalue weighted by atomic mass is 10.1. The van der Waals surface area contributed by atoms with Gasteiger partial charge in [-0.15, -0.1) is 0 Å². The number of carbonyl (C=O) groups excluding carboxylic acids is 2. The molecule has 0 unspecified atom stereocenters. The lowest BCUT2D eigenvalue weighted by Crippen LogP contribution is -2.79. The lowest BCUT2D eigenvalue weighted by Gasteiger charge is -2.32. The van der Waals surface area contributed by atoms with E-state index in [0.29, 0.717) is 31.0 Å². The smallest absolute Gasteiger partial charge is 0.273 e. The highest BCUT2D eigenvalue weighted by Crippen LogP contribution is 2.29. The number of quaternary nitrogens is 1. The van der Waals surface area contributed by atoms with Gasteiger partial charge in [-0.25, -0.2) is 4.39 Å². The van der Waals surface area contributed by atoms with E-state index in [1.165, 1.54) is 18.2 Å². The van der Waals surface area contributed by atoms with Gasteiger partial charge in [-0.3, -0.25) is 20.3 Å². The molecule has 0 saturated carbocycles. The number of methoxy groups -OCH3 is 2. The first-order valence-electron chi connectivity index (χ1n) is 13.1. The maximum atomic E-state index is 14.8. The molecule has 4 rings (SSSR count). The number of anilines is 1. The average Bonchev–Trinajstić information content (AvgIpc) is 2.94. The number of hydrogen-bond donors (Lipinski definition) is 3. The van der Waals surface area contributed by atoms with Crippen molar-refractivity contribution >= 4 is 28.9 Å². The quantitative estimate of drug-likeness (QED) is 0.461. The molecule has 2 aromatic rings. The molecule has 40 heavy (non-hydrogen) atoms. The van der Waals surface area contributed by atoms with Crippen molar-refractivity contribution in [3.05, 3.63) is 83.3 Å². The number of piperazine rings is 1. The molecule has 0 spiro atoms. The standard InChI is InChI=1S/C30H34FN5O4/c1-35-13-15-36(16-14-35)30(38)23-11-10-22(18-24(23)31)34-29(37)25(32)19-21-7-5-4-6-8-26(33-21)20-9-12-27(39-2)28(17-20)40-3/h4,6,8-12,17-19,32-33H,5,7,13-16H2,1-3H3,(H,34,37)/p+1/b6-4-,21-19-,26-8-,32-25?. The normalized spacial score (nSPS) is 19.1. The van der Waals surface area contributed by atoms with Crippen molar-refractivity contribution in [3.8, 4) is 11.5 Å². The van der Waals surface area contributed by atoms with Gasteiger partial charge in [-0.05, 0) is 55.9 Å². The van der Waals surface area contributed by atoms with Crippen LogP contribution in [0.4, 0.5) is 10.1 Å². The van der Waals surface area contributed by atoms with Gasteiger partial charge in [0.2, 0.25) is 0 Å². The number of carbonyl (C=O) groups is 2. The number of allylic oxidation sites excluding steroid dienone is 4. The summed E-state index contributed by atoms with van der Waals surface area (Å²) in [5, 5.41) is 12.9. The van der Waals surface area contributed by atoms with Gasteiger partial charge >= 0.3 is 0 Å². The van der Waals surface area contributed by atoms with E-state index in [-0.39, 0.29) is 22.9 Å². The van der Waals surface area contributed by atoms with Gasteiger partial charge < -0.3 is 24.6 Å². The van der Waals surface area contributed by atoms with Crippen molar-refractivity contribution in [2.24, 2.45) is 0 Å². The number of hydrogen-bond acceptors (Lipinski definition) is 6. The van der Waals surface area contributed by atoms with Gasteiger partial charge in [-0.1, -0.05) is 12.2 Å². The van der Waals surface area contributed by atoms with Gasteiger partial charge in [0.15, 0.2) is 11.5 Å². The Balaban J connectivity index is 1.44. The predicted octanol–water partition coefficient (Wildman–Crippen LogP) is 3.03. The molecule has 0 aliphatic carbocycles.